The summed E-state index contributed by atoms with van der Waals surface area (Å²) >= 11 is 0. The van der Waals surface area contributed by atoms with Gasteiger partial charge in [0, 0.05) is 18.5 Å². The Morgan fingerprint density at radius 2 is 2.00 bits per heavy atom. The van der Waals surface area contributed by atoms with E-state index in [1.54, 1.807) is 0 Å². The van der Waals surface area contributed by atoms with Gasteiger partial charge in [-0.25, -0.2) is 0 Å². The molecule has 0 saturated carbocycles. The first-order valence-electron chi connectivity index (χ1n) is 7.12. The van der Waals surface area contributed by atoms with Gasteiger partial charge in [-0.3, -0.25) is 4.90 Å². The Hall–Kier alpha value is -0.340. The number of rotatable bonds is 2. The molecule has 1 N–H and O–H groups in total. The molecule has 0 aromatic carbocycles. The summed E-state index contributed by atoms with van der Waals surface area (Å²) in [7, 11) is 0. The van der Waals surface area contributed by atoms with E-state index in [1.807, 2.05) is 0 Å². The Bertz CT molecular complexity index is 293. The predicted molar refractivity (Wildman–Crippen MR) is 71.7 cm³/mol. The minimum absolute atomic E-state index is 0.0385. The highest BCUT2D eigenvalue weighted by atomic mass is 16.3. The van der Waals surface area contributed by atoms with Gasteiger partial charge in [0.25, 0.3) is 0 Å². The van der Waals surface area contributed by atoms with Crippen LogP contribution < -0.4 is 0 Å². The Balaban J connectivity index is 2.08. The van der Waals surface area contributed by atoms with Gasteiger partial charge < -0.3 is 5.11 Å². The normalized spacial score (nSPS) is 37.6. The predicted octanol–water partition coefficient (Wildman–Crippen LogP) is 3.17. The van der Waals surface area contributed by atoms with Gasteiger partial charge in [0.05, 0.1) is 0 Å². The van der Waals surface area contributed by atoms with Crippen molar-refractivity contribution in [2.45, 2.75) is 59.1 Å². The van der Waals surface area contributed by atoms with Crippen LogP contribution >= 0.6 is 0 Å². The van der Waals surface area contributed by atoms with Crippen LogP contribution in [0, 0.1) is 11.3 Å². The summed E-state index contributed by atoms with van der Waals surface area (Å²) in [5.41, 5.74) is 1.53. The number of aliphatic hydroxyl groups is 1. The zero-order chi connectivity index (χ0) is 12.5. The number of nitrogens with zero attached hydrogens (tertiary/aromatic N) is 1. The van der Waals surface area contributed by atoms with Crippen molar-refractivity contribution >= 4 is 0 Å². The number of allylic oxidation sites excluding steroid dienone is 2. The van der Waals surface area contributed by atoms with Gasteiger partial charge >= 0.3 is 0 Å². The van der Waals surface area contributed by atoms with Crippen molar-refractivity contribution in [3.63, 3.8) is 0 Å². The van der Waals surface area contributed by atoms with Crippen molar-refractivity contribution in [3.05, 3.63) is 11.6 Å². The quantitative estimate of drug-likeness (QED) is 0.746. The highest BCUT2D eigenvalue weighted by Crippen LogP contribution is 2.44. The third-order valence-corrected chi connectivity index (χ3v) is 4.97. The number of aliphatic hydroxyl groups excluding tert-OH is 1. The van der Waals surface area contributed by atoms with Gasteiger partial charge in [0.2, 0.25) is 0 Å². The first-order chi connectivity index (χ1) is 8.04. The average molecular weight is 237 g/mol. The molecule has 2 aliphatic rings. The fourth-order valence-electron chi connectivity index (χ4n) is 3.33. The maximum absolute atomic E-state index is 10.7. The minimum Gasteiger partial charge on any atom is -0.378 e. The van der Waals surface area contributed by atoms with Crippen LogP contribution in [0.5, 0.6) is 0 Å². The molecule has 3 unspecified atom stereocenters. The lowest BCUT2D eigenvalue weighted by molar-refractivity contribution is -0.115. The molecule has 1 saturated heterocycles. The van der Waals surface area contributed by atoms with E-state index in [1.165, 1.54) is 24.8 Å². The summed E-state index contributed by atoms with van der Waals surface area (Å²) in [5, 5.41) is 10.7. The standard InChI is InChI=1S/C15H27NO/c1-12-7-8-15(3,13(2)11-12)14(17)16-9-5-4-6-10-16/h7,13-14,17H,4-6,8-11H2,1-3H3. The van der Waals surface area contributed by atoms with Crippen molar-refractivity contribution in [1.29, 1.82) is 0 Å². The molecule has 1 heterocycles. The topological polar surface area (TPSA) is 23.5 Å². The summed E-state index contributed by atoms with van der Waals surface area (Å²) in [5.74, 6) is 0.574. The van der Waals surface area contributed by atoms with E-state index in [9.17, 15) is 5.11 Å². The van der Waals surface area contributed by atoms with Crippen molar-refractivity contribution in [3.8, 4) is 0 Å². The Morgan fingerprint density at radius 3 is 2.59 bits per heavy atom. The Morgan fingerprint density at radius 1 is 1.35 bits per heavy atom. The second-order valence-electron chi connectivity index (χ2n) is 6.34. The van der Waals surface area contributed by atoms with E-state index in [4.69, 9.17) is 0 Å². The first kappa shape index (κ1) is 13.1. The summed E-state index contributed by atoms with van der Waals surface area (Å²) < 4.78 is 0. The summed E-state index contributed by atoms with van der Waals surface area (Å²) in [4.78, 5) is 2.30. The number of piperidine rings is 1. The number of hydrogen-bond acceptors (Lipinski definition) is 2. The Labute approximate surface area is 106 Å². The van der Waals surface area contributed by atoms with E-state index >= 15 is 0 Å². The molecule has 1 aliphatic heterocycles. The highest BCUT2D eigenvalue weighted by molar-refractivity contribution is 5.10. The molecule has 98 valence electrons. The smallest absolute Gasteiger partial charge is 0.113 e. The molecule has 0 radical (unpaired) electrons. The van der Waals surface area contributed by atoms with Crippen LogP contribution in [0.25, 0.3) is 0 Å². The lowest BCUT2D eigenvalue weighted by atomic mass is 9.67. The molecule has 0 bridgehead atoms. The monoisotopic (exact) mass is 237 g/mol. The molecule has 1 fully saturated rings. The molecule has 0 aromatic rings. The third-order valence-electron chi connectivity index (χ3n) is 4.97. The molecule has 0 aromatic heterocycles. The zero-order valence-electron chi connectivity index (χ0n) is 11.6. The van der Waals surface area contributed by atoms with E-state index in [0.717, 1.165) is 25.9 Å². The second kappa shape index (κ2) is 5.11. The fraction of sp³-hybridized carbons (Fsp3) is 0.867. The zero-order valence-corrected chi connectivity index (χ0v) is 11.6. The molecule has 2 nitrogen and oxygen atoms in total. The molecule has 0 spiro atoms. The van der Waals surface area contributed by atoms with Crippen LogP contribution in [-0.4, -0.2) is 29.3 Å². The molecular formula is C15H27NO. The lowest BCUT2D eigenvalue weighted by Gasteiger charge is -2.47. The van der Waals surface area contributed by atoms with Gasteiger partial charge in [-0.2, -0.15) is 0 Å². The number of hydrogen-bond donors (Lipinski definition) is 1. The van der Waals surface area contributed by atoms with Crippen molar-refractivity contribution in [1.82, 2.24) is 4.90 Å². The van der Waals surface area contributed by atoms with E-state index < -0.39 is 0 Å². The SMILES string of the molecule is CC1=CCC(C)(C(O)N2CCCCC2)C(C)C1. The molecule has 2 rings (SSSR count). The van der Waals surface area contributed by atoms with Crippen LogP contribution in [0.4, 0.5) is 0 Å². The van der Waals surface area contributed by atoms with E-state index in [0.29, 0.717) is 5.92 Å². The van der Waals surface area contributed by atoms with Crippen LogP contribution in [0.1, 0.15) is 52.9 Å². The fourth-order valence-corrected chi connectivity index (χ4v) is 3.33. The minimum atomic E-state index is -0.262. The molecule has 2 heteroatoms. The van der Waals surface area contributed by atoms with Crippen molar-refractivity contribution in [2.24, 2.45) is 11.3 Å². The first-order valence-corrected chi connectivity index (χ1v) is 7.12. The number of likely N-dealkylation sites (tertiary alicyclic amines) is 1. The summed E-state index contributed by atoms with van der Waals surface area (Å²) in [6, 6.07) is 0. The Kier molecular flexibility index (Phi) is 3.94. The maximum Gasteiger partial charge on any atom is 0.113 e. The summed E-state index contributed by atoms with van der Waals surface area (Å²) in [6.45, 7) is 8.92. The van der Waals surface area contributed by atoms with Crippen LogP contribution in [0.2, 0.25) is 0 Å². The van der Waals surface area contributed by atoms with Crippen LogP contribution in [0.3, 0.4) is 0 Å². The molecule has 1 aliphatic carbocycles. The molecular weight excluding hydrogens is 210 g/mol. The van der Waals surface area contributed by atoms with Gasteiger partial charge in [0.1, 0.15) is 6.23 Å². The largest absolute Gasteiger partial charge is 0.378 e. The highest BCUT2D eigenvalue weighted by Gasteiger charge is 2.42. The lowest BCUT2D eigenvalue weighted by Crippen LogP contribution is -2.51. The maximum atomic E-state index is 10.7. The van der Waals surface area contributed by atoms with Gasteiger partial charge in [0.15, 0.2) is 0 Å². The van der Waals surface area contributed by atoms with Gasteiger partial charge in [-0.1, -0.05) is 31.9 Å². The van der Waals surface area contributed by atoms with Crippen LogP contribution in [0.15, 0.2) is 11.6 Å². The van der Waals surface area contributed by atoms with Crippen molar-refractivity contribution < 1.29 is 5.11 Å². The average Bonchev–Trinajstić information content (AvgIpc) is 2.34. The van der Waals surface area contributed by atoms with E-state index in [-0.39, 0.29) is 11.6 Å². The van der Waals surface area contributed by atoms with Gasteiger partial charge in [-0.15, -0.1) is 0 Å². The molecule has 3 atom stereocenters. The van der Waals surface area contributed by atoms with Gasteiger partial charge in [-0.05, 0) is 38.5 Å². The molecule has 0 amide bonds. The second-order valence-corrected chi connectivity index (χ2v) is 6.34. The van der Waals surface area contributed by atoms with Crippen LogP contribution in [-0.2, 0) is 0 Å². The molecule has 17 heavy (non-hydrogen) atoms. The van der Waals surface area contributed by atoms with Crippen molar-refractivity contribution in [2.75, 3.05) is 13.1 Å². The van der Waals surface area contributed by atoms with E-state index in [2.05, 4.69) is 31.7 Å². The summed E-state index contributed by atoms with van der Waals surface area (Å²) in [6.07, 6.45) is 8.05. The third kappa shape index (κ3) is 2.58.